The summed E-state index contributed by atoms with van der Waals surface area (Å²) in [5, 5.41) is 12.9. The maximum Gasteiger partial charge on any atom is 0.141 e. The molecule has 0 heterocycles. The van der Waals surface area contributed by atoms with Gasteiger partial charge in [0.05, 0.1) is 16.8 Å². The molecule has 1 N–H and O–H groups in total. The third-order valence-electron chi connectivity index (χ3n) is 2.58. The summed E-state index contributed by atoms with van der Waals surface area (Å²) >= 11 is 12.0. The van der Waals surface area contributed by atoms with Gasteiger partial charge in [-0.3, -0.25) is 0 Å². The van der Waals surface area contributed by atoms with Crippen LogP contribution in [0.25, 0.3) is 0 Å². The molecular formula is C14H9Cl2FN2. The zero-order chi connectivity index (χ0) is 13.8. The van der Waals surface area contributed by atoms with Crippen molar-refractivity contribution >= 4 is 28.9 Å². The topological polar surface area (TPSA) is 35.8 Å². The molecule has 0 aliphatic rings. The molecule has 0 aliphatic carbocycles. The van der Waals surface area contributed by atoms with Crippen LogP contribution in [0.15, 0.2) is 42.5 Å². The molecule has 19 heavy (non-hydrogen) atoms. The van der Waals surface area contributed by atoms with Gasteiger partial charge in [-0.2, -0.15) is 5.26 Å². The minimum atomic E-state index is -0.701. The van der Waals surface area contributed by atoms with E-state index in [4.69, 9.17) is 23.2 Å². The Labute approximate surface area is 120 Å². The molecule has 0 amide bonds. The summed E-state index contributed by atoms with van der Waals surface area (Å²) in [5.41, 5.74) is 1.13. The van der Waals surface area contributed by atoms with Gasteiger partial charge in [0.2, 0.25) is 0 Å². The Balaban J connectivity index is 2.31. The van der Waals surface area contributed by atoms with E-state index in [1.807, 2.05) is 0 Å². The van der Waals surface area contributed by atoms with Gasteiger partial charge >= 0.3 is 0 Å². The van der Waals surface area contributed by atoms with Crippen LogP contribution in [0.2, 0.25) is 10.0 Å². The summed E-state index contributed by atoms with van der Waals surface area (Å²) in [5.74, 6) is -0.441. The van der Waals surface area contributed by atoms with Gasteiger partial charge < -0.3 is 5.32 Å². The van der Waals surface area contributed by atoms with E-state index >= 15 is 0 Å². The molecular weight excluding hydrogens is 286 g/mol. The minimum Gasteiger partial charge on any atom is -0.365 e. The van der Waals surface area contributed by atoms with E-state index in [0.717, 1.165) is 0 Å². The van der Waals surface area contributed by atoms with Crippen LogP contribution in [-0.4, -0.2) is 0 Å². The molecule has 2 rings (SSSR count). The molecule has 0 radical (unpaired) electrons. The van der Waals surface area contributed by atoms with Gasteiger partial charge in [-0.25, -0.2) is 4.39 Å². The van der Waals surface area contributed by atoms with Crippen molar-refractivity contribution in [1.82, 2.24) is 0 Å². The van der Waals surface area contributed by atoms with Crippen molar-refractivity contribution in [1.29, 1.82) is 5.26 Å². The van der Waals surface area contributed by atoms with Gasteiger partial charge in [0, 0.05) is 10.6 Å². The van der Waals surface area contributed by atoms with Gasteiger partial charge in [-0.1, -0.05) is 41.4 Å². The lowest BCUT2D eigenvalue weighted by Crippen LogP contribution is -2.09. The number of para-hydroxylation sites is 1. The second-order valence-corrected chi connectivity index (χ2v) is 4.67. The van der Waals surface area contributed by atoms with Crippen molar-refractivity contribution in [2.75, 3.05) is 5.32 Å². The maximum absolute atomic E-state index is 13.0. The van der Waals surface area contributed by atoms with Crippen LogP contribution in [0.1, 0.15) is 11.6 Å². The molecule has 0 spiro atoms. The van der Waals surface area contributed by atoms with Crippen molar-refractivity contribution in [2.24, 2.45) is 0 Å². The van der Waals surface area contributed by atoms with Crippen molar-refractivity contribution in [2.45, 2.75) is 6.04 Å². The van der Waals surface area contributed by atoms with Crippen molar-refractivity contribution < 1.29 is 4.39 Å². The molecule has 0 aromatic heterocycles. The molecule has 0 saturated carbocycles. The fourth-order valence-corrected chi connectivity index (χ4v) is 2.12. The fraction of sp³-hybridized carbons (Fsp3) is 0.0714. The van der Waals surface area contributed by atoms with Crippen LogP contribution in [0.3, 0.4) is 0 Å². The van der Waals surface area contributed by atoms with E-state index < -0.39 is 11.9 Å². The van der Waals surface area contributed by atoms with Gasteiger partial charge in [0.15, 0.2) is 0 Å². The molecule has 2 aromatic carbocycles. The summed E-state index contributed by atoms with van der Waals surface area (Å²) in [6.07, 6.45) is 0. The third-order valence-corrected chi connectivity index (χ3v) is 3.23. The van der Waals surface area contributed by atoms with Gasteiger partial charge in [-0.15, -0.1) is 0 Å². The van der Waals surface area contributed by atoms with Gasteiger partial charge in [-0.05, 0) is 24.3 Å². The lowest BCUT2D eigenvalue weighted by Gasteiger charge is -2.15. The average molecular weight is 295 g/mol. The summed E-state index contributed by atoms with van der Waals surface area (Å²) in [7, 11) is 0. The van der Waals surface area contributed by atoms with Gasteiger partial charge in [0.1, 0.15) is 11.9 Å². The predicted molar refractivity (Wildman–Crippen MR) is 74.8 cm³/mol. The number of nitrogens with one attached hydrogen (secondary N) is 1. The molecule has 96 valence electrons. The van der Waals surface area contributed by atoms with Gasteiger partial charge in [0.25, 0.3) is 0 Å². The Bertz CT molecular complexity index is 638. The largest absolute Gasteiger partial charge is 0.365 e. The smallest absolute Gasteiger partial charge is 0.141 e. The Morgan fingerprint density at radius 3 is 2.47 bits per heavy atom. The maximum atomic E-state index is 13.0. The summed E-state index contributed by atoms with van der Waals surface area (Å²) in [4.78, 5) is 0. The summed E-state index contributed by atoms with van der Waals surface area (Å²) < 4.78 is 13.0. The quantitative estimate of drug-likeness (QED) is 0.882. The average Bonchev–Trinajstić information content (AvgIpc) is 2.39. The fourth-order valence-electron chi connectivity index (χ4n) is 1.65. The SMILES string of the molecule is N#CC(Nc1ccccc1Cl)c1ccc(F)cc1Cl. The Morgan fingerprint density at radius 1 is 1.11 bits per heavy atom. The first kappa shape index (κ1) is 13.7. The number of hydrogen-bond acceptors (Lipinski definition) is 2. The number of benzene rings is 2. The zero-order valence-electron chi connectivity index (χ0n) is 9.70. The number of nitriles is 1. The molecule has 5 heteroatoms. The number of rotatable bonds is 3. The Morgan fingerprint density at radius 2 is 1.84 bits per heavy atom. The minimum absolute atomic E-state index is 0.200. The number of anilines is 1. The van der Waals surface area contributed by atoms with E-state index in [0.29, 0.717) is 16.3 Å². The second-order valence-electron chi connectivity index (χ2n) is 3.85. The standard InChI is InChI=1S/C14H9Cl2FN2/c15-11-3-1-2-4-13(11)19-14(8-18)10-6-5-9(17)7-12(10)16/h1-7,14,19H. The number of hydrogen-bond donors (Lipinski definition) is 1. The lowest BCUT2D eigenvalue weighted by molar-refractivity contribution is 0.627. The van der Waals surface area contributed by atoms with Crippen molar-refractivity contribution in [3.63, 3.8) is 0 Å². The predicted octanol–water partition coefficient (Wildman–Crippen LogP) is 4.81. The normalized spacial score (nSPS) is 11.7. The first-order chi connectivity index (χ1) is 9.11. The molecule has 2 nitrogen and oxygen atoms in total. The zero-order valence-corrected chi connectivity index (χ0v) is 11.2. The highest BCUT2D eigenvalue weighted by molar-refractivity contribution is 6.33. The Hall–Kier alpha value is -1.76. The van der Waals surface area contributed by atoms with E-state index in [-0.39, 0.29) is 5.02 Å². The van der Waals surface area contributed by atoms with Crippen LogP contribution in [0.5, 0.6) is 0 Å². The van der Waals surface area contributed by atoms with E-state index in [2.05, 4.69) is 11.4 Å². The first-order valence-electron chi connectivity index (χ1n) is 5.47. The van der Waals surface area contributed by atoms with Crippen LogP contribution in [0, 0.1) is 17.1 Å². The monoisotopic (exact) mass is 294 g/mol. The van der Waals surface area contributed by atoms with Crippen LogP contribution >= 0.6 is 23.2 Å². The molecule has 0 saturated heterocycles. The van der Waals surface area contributed by atoms with Crippen LogP contribution in [-0.2, 0) is 0 Å². The third kappa shape index (κ3) is 3.17. The highest BCUT2D eigenvalue weighted by Gasteiger charge is 2.15. The van der Waals surface area contributed by atoms with Crippen LogP contribution in [0.4, 0.5) is 10.1 Å². The van der Waals surface area contributed by atoms with Crippen molar-refractivity contribution in [3.8, 4) is 6.07 Å². The van der Waals surface area contributed by atoms with E-state index in [9.17, 15) is 9.65 Å². The first-order valence-corrected chi connectivity index (χ1v) is 6.23. The Kier molecular flexibility index (Phi) is 4.26. The van der Waals surface area contributed by atoms with E-state index in [1.165, 1.54) is 18.2 Å². The number of nitrogens with zero attached hydrogens (tertiary/aromatic N) is 1. The second kappa shape index (κ2) is 5.92. The van der Waals surface area contributed by atoms with Crippen molar-refractivity contribution in [3.05, 3.63) is 63.9 Å². The molecule has 1 atom stereocenters. The molecule has 0 aliphatic heterocycles. The molecule has 0 bridgehead atoms. The highest BCUT2D eigenvalue weighted by Crippen LogP contribution is 2.29. The highest BCUT2D eigenvalue weighted by atomic mass is 35.5. The van der Waals surface area contributed by atoms with Crippen LogP contribution < -0.4 is 5.32 Å². The summed E-state index contributed by atoms with van der Waals surface area (Å²) in [6, 6.07) is 12.4. The lowest BCUT2D eigenvalue weighted by atomic mass is 10.1. The molecule has 0 fully saturated rings. The van der Waals surface area contributed by atoms with E-state index in [1.54, 1.807) is 24.3 Å². The number of halogens is 3. The molecule has 1 unspecified atom stereocenters. The summed E-state index contributed by atoms with van der Waals surface area (Å²) in [6.45, 7) is 0. The molecule has 2 aromatic rings.